The van der Waals surface area contributed by atoms with Crippen LogP contribution in [0.5, 0.6) is 0 Å². The Morgan fingerprint density at radius 2 is 2.06 bits per heavy atom. The number of aryl methyl sites for hydroxylation is 3. The van der Waals surface area contributed by atoms with Gasteiger partial charge in [-0.05, 0) is 38.0 Å². The second-order valence-electron chi connectivity index (χ2n) is 4.18. The van der Waals surface area contributed by atoms with Crippen LogP contribution in [-0.4, -0.2) is 16.1 Å². The predicted octanol–water partition coefficient (Wildman–Crippen LogP) is 2.59. The van der Waals surface area contributed by atoms with Gasteiger partial charge in [-0.15, -0.1) is 0 Å². The number of benzene rings is 1. The first-order valence-corrected chi connectivity index (χ1v) is 5.46. The summed E-state index contributed by atoms with van der Waals surface area (Å²) >= 11 is 0. The van der Waals surface area contributed by atoms with Gasteiger partial charge in [0.15, 0.2) is 0 Å². The Morgan fingerprint density at radius 1 is 1.29 bits per heavy atom. The largest absolute Gasteiger partial charge is 0.322 e. The first-order valence-electron chi connectivity index (χ1n) is 5.46. The van der Waals surface area contributed by atoms with Crippen LogP contribution in [0.1, 0.15) is 27.2 Å². The fraction of sp³-hybridized carbons (Fsp3) is 0.231. The lowest BCUT2D eigenvalue weighted by Gasteiger charge is -2.08. The number of anilines is 1. The Balaban J connectivity index is 2.24. The molecule has 1 aromatic heterocycles. The number of H-pyrrole nitrogens is 1. The van der Waals surface area contributed by atoms with E-state index in [1.807, 2.05) is 39.0 Å². The van der Waals surface area contributed by atoms with Gasteiger partial charge in [-0.2, -0.15) is 5.10 Å². The van der Waals surface area contributed by atoms with Crippen molar-refractivity contribution in [1.29, 1.82) is 0 Å². The summed E-state index contributed by atoms with van der Waals surface area (Å²) in [5.41, 5.74) is 4.36. The van der Waals surface area contributed by atoms with E-state index >= 15 is 0 Å². The third kappa shape index (κ3) is 2.36. The molecule has 0 aliphatic rings. The van der Waals surface area contributed by atoms with Gasteiger partial charge in [0, 0.05) is 11.4 Å². The Hall–Kier alpha value is -2.10. The number of aromatic nitrogens is 2. The van der Waals surface area contributed by atoms with Gasteiger partial charge in [0.25, 0.3) is 5.91 Å². The third-order valence-electron chi connectivity index (χ3n) is 2.72. The minimum Gasteiger partial charge on any atom is -0.322 e. The molecule has 88 valence electrons. The number of hydrogen-bond donors (Lipinski definition) is 2. The summed E-state index contributed by atoms with van der Waals surface area (Å²) in [5.74, 6) is -0.134. The second kappa shape index (κ2) is 4.41. The van der Waals surface area contributed by atoms with Crippen LogP contribution in [0.25, 0.3) is 0 Å². The van der Waals surface area contributed by atoms with Crippen molar-refractivity contribution in [2.24, 2.45) is 0 Å². The number of carbonyl (C=O) groups is 1. The van der Waals surface area contributed by atoms with E-state index in [4.69, 9.17) is 0 Å². The van der Waals surface area contributed by atoms with E-state index in [1.165, 1.54) is 6.20 Å². The highest BCUT2D eigenvalue weighted by molar-refractivity contribution is 6.05. The molecule has 0 aliphatic carbocycles. The highest BCUT2D eigenvalue weighted by atomic mass is 16.1. The van der Waals surface area contributed by atoms with E-state index in [2.05, 4.69) is 15.5 Å². The SMILES string of the molecule is Cc1ccc(C)c(NC(=O)c2cn[nH]c2C)c1. The van der Waals surface area contributed by atoms with Crippen LogP contribution < -0.4 is 5.32 Å². The monoisotopic (exact) mass is 229 g/mol. The van der Waals surface area contributed by atoms with Crippen LogP contribution in [0, 0.1) is 20.8 Å². The zero-order chi connectivity index (χ0) is 12.4. The second-order valence-corrected chi connectivity index (χ2v) is 4.18. The van der Waals surface area contributed by atoms with Gasteiger partial charge in [-0.1, -0.05) is 12.1 Å². The summed E-state index contributed by atoms with van der Waals surface area (Å²) < 4.78 is 0. The molecule has 2 rings (SSSR count). The van der Waals surface area contributed by atoms with E-state index in [0.29, 0.717) is 5.56 Å². The summed E-state index contributed by atoms with van der Waals surface area (Å²) in [6.07, 6.45) is 1.54. The molecule has 1 amide bonds. The lowest BCUT2D eigenvalue weighted by Crippen LogP contribution is -2.13. The van der Waals surface area contributed by atoms with Crippen LogP contribution in [-0.2, 0) is 0 Å². The summed E-state index contributed by atoms with van der Waals surface area (Å²) in [6.45, 7) is 5.79. The lowest BCUT2D eigenvalue weighted by atomic mass is 10.1. The molecular weight excluding hydrogens is 214 g/mol. The number of carbonyl (C=O) groups excluding carboxylic acids is 1. The van der Waals surface area contributed by atoms with Crippen molar-refractivity contribution in [2.45, 2.75) is 20.8 Å². The van der Waals surface area contributed by atoms with Gasteiger partial charge in [0.2, 0.25) is 0 Å². The van der Waals surface area contributed by atoms with E-state index < -0.39 is 0 Å². The molecule has 17 heavy (non-hydrogen) atoms. The molecule has 4 heteroatoms. The zero-order valence-electron chi connectivity index (χ0n) is 10.2. The molecule has 4 nitrogen and oxygen atoms in total. The molecule has 0 atom stereocenters. The van der Waals surface area contributed by atoms with Crippen molar-refractivity contribution < 1.29 is 4.79 Å². The number of amides is 1. The Labute approximate surface area is 100 Å². The van der Waals surface area contributed by atoms with E-state index in [0.717, 1.165) is 22.5 Å². The van der Waals surface area contributed by atoms with Crippen molar-refractivity contribution in [2.75, 3.05) is 5.32 Å². The molecule has 0 aliphatic heterocycles. The van der Waals surface area contributed by atoms with Gasteiger partial charge in [0.05, 0.1) is 11.8 Å². The highest BCUT2D eigenvalue weighted by Crippen LogP contribution is 2.17. The fourth-order valence-electron chi connectivity index (χ4n) is 1.64. The van der Waals surface area contributed by atoms with Crippen LogP contribution in [0.2, 0.25) is 0 Å². The summed E-state index contributed by atoms with van der Waals surface area (Å²) in [5, 5.41) is 9.48. The van der Waals surface area contributed by atoms with Crippen molar-refractivity contribution in [3.05, 3.63) is 46.8 Å². The number of hydrogen-bond acceptors (Lipinski definition) is 2. The van der Waals surface area contributed by atoms with E-state index in [1.54, 1.807) is 0 Å². The molecule has 0 unspecified atom stereocenters. The number of nitrogens with zero attached hydrogens (tertiary/aromatic N) is 1. The molecule has 0 bridgehead atoms. The first kappa shape index (κ1) is 11.4. The molecule has 2 aromatic rings. The molecular formula is C13H15N3O. The fourth-order valence-corrected chi connectivity index (χ4v) is 1.64. The minimum absolute atomic E-state index is 0.134. The summed E-state index contributed by atoms with van der Waals surface area (Å²) in [4.78, 5) is 12.0. The van der Waals surface area contributed by atoms with Gasteiger partial charge in [0.1, 0.15) is 0 Å². The number of aromatic amines is 1. The maximum atomic E-state index is 12.0. The standard InChI is InChI=1S/C13H15N3O/c1-8-4-5-9(2)12(6-8)15-13(17)11-7-14-16-10(11)3/h4-7H,1-3H3,(H,14,16)(H,15,17). The Bertz CT molecular complexity index is 558. The van der Waals surface area contributed by atoms with Crippen LogP contribution in [0.15, 0.2) is 24.4 Å². The van der Waals surface area contributed by atoms with Crippen LogP contribution in [0.4, 0.5) is 5.69 Å². The zero-order valence-corrected chi connectivity index (χ0v) is 10.2. The molecule has 0 spiro atoms. The number of nitrogens with one attached hydrogen (secondary N) is 2. The summed E-state index contributed by atoms with van der Waals surface area (Å²) in [7, 11) is 0. The summed E-state index contributed by atoms with van der Waals surface area (Å²) in [6, 6.07) is 5.98. The maximum Gasteiger partial charge on any atom is 0.259 e. The normalized spacial score (nSPS) is 10.3. The van der Waals surface area contributed by atoms with Crippen molar-refractivity contribution in [3.8, 4) is 0 Å². The highest BCUT2D eigenvalue weighted by Gasteiger charge is 2.11. The minimum atomic E-state index is -0.134. The third-order valence-corrected chi connectivity index (χ3v) is 2.72. The van der Waals surface area contributed by atoms with E-state index in [9.17, 15) is 4.79 Å². The molecule has 1 aromatic carbocycles. The number of rotatable bonds is 2. The van der Waals surface area contributed by atoms with Crippen LogP contribution in [0.3, 0.4) is 0 Å². The molecule has 0 saturated heterocycles. The molecule has 2 N–H and O–H groups in total. The lowest BCUT2D eigenvalue weighted by molar-refractivity contribution is 0.102. The van der Waals surface area contributed by atoms with Gasteiger partial charge in [-0.3, -0.25) is 9.89 Å². The molecule has 0 saturated carbocycles. The quantitative estimate of drug-likeness (QED) is 0.831. The first-order chi connectivity index (χ1) is 8.08. The molecule has 0 radical (unpaired) electrons. The average Bonchev–Trinajstić information content (AvgIpc) is 2.70. The van der Waals surface area contributed by atoms with Gasteiger partial charge < -0.3 is 5.32 Å². The molecule has 0 fully saturated rings. The van der Waals surface area contributed by atoms with Crippen molar-refractivity contribution in [3.63, 3.8) is 0 Å². The van der Waals surface area contributed by atoms with Gasteiger partial charge >= 0.3 is 0 Å². The average molecular weight is 229 g/mol. The maximum absolute atomic E-state index is 12.0. The van der Waals surface area contributed by atoms with E-state index in [-0.39, 0.29) is 5.91 Å². The van der Waals surface area contributed by atoms with Gasteiger partial charge in [-0.25, -0.2) is 0 Å². The topological polar surface area (TPSA) is 57.8 Å². The smallest absolute Gasteiger partial charge is 0.259 e. The predicted molar refractivity (Wildman–Crippen MR) is 67.2 cm³/mol. The molecule has 1 heterocycles. The Kier molecular flexibility index (Phi) is 2.95. The van der Waals surface area contributed by atoms with Crippen molar-refractivity contribution >= 4 is 11.6 Å². The van der Waals surface area contributed by atoms with Crippen molar-refractivity contribution in [1.82, 2.24) is 10.2 Å². The Morgan fingerprint density at radius 3 is 2.71 bits per heavy atom. The van der Waals surface area contributed by atoms with Crippen LogP contribution >= 0.6 is 0 Å².